The first-order valence-electron chi connectivity index (χ1n) is 9.17. The number of hydrogen-bond acceptors (Lipinski definition) is 3. The fourth-order valence-corrected chi connectivity index (χ4v) is 3.98. The standard InChI is InChI=1S/C21H25N3O.2ClH/c22-18-8-7-17(13-18)21(25)23-19-9-5-15(6-10-19)14-24-12-11-16-3-1-2-4-20(16)24;;/h1-6,9-10,17-18H,7-8,11-14,22H2,(H,23,25);2*1H. The summed E-state index contributed by atoms with van der Waals surface area (Å²) in [5.74, 6) is 0.171. The summed E-state index contributed by atoms with van der Waals surface area (Å²) in [6.07, 6.45) is 3.78. The van der Waals surface area contributed by atoms with Crippen molar-refractivity contribution in [3.8, 4) is 0 Å². The first-order chi connectivity index (χ1) is 12.2. The summed E-state index contributed by atoms with van der Waals surface area (Å²) in [5.41, 5.74) is 10.8. The zero-order chi connectivity index (χ0) is 17.2. The number of carbonyl (C=O) groups is 1. The van der Waals surface area contributed by atoms with Crippen LogP contribution >= 0.6 is 24.8 Å². The molecule has 3 N–H and O–H groups in total. The van der Waals surface area contributed by atoms with Crippen LogP contribution in [0.25, 0.3) is 0 Å². The average Bonchev–Trinajstić information content (AvgIpc) is 3.24. The molecule has 1 amide bonds. The number of fused-ring (bicyclic) bond motifs is 1. The number of carbonyl (C=O) groups excluding carboxylic acids is 1. The number of nitrogens with two attached hydrogens (primary N) is 1. The Labute approximate surface area is 173 Å². The van der Waals surface area contributed by atoms with Crippen molar-refractivity contribution in [2.75, 3.05) is 16.8 Å². The van der Waals surface area contributed by atoms with Gasteiger partial charge in [-0.15, -0.1) is 24.8 Å². The van der Waals surface area contributed by atoms with Gasteiger partial charge >= 0.3 is 0 Å². The molecule has 0 spiro atoms. The van der Waals surface area contributed by atoms with Gasteiger partial charge in [0.2, 0.25) is 5.91 Å². The van der Waals surface area contributed by atoms with E-state index in [-0.39, 0.29) is 42.7 Å². The molecule has 1 aliphatic heterocycles. The van der Waals surface area contributed by atoms with Gasteiger partial charge in [0.15, 0.2) is 0 Å². The number of hydrogen-bond donors (Lipinski definition) is 2. The van der Waals surface area contributed by atoms with Crippen LogP contribution < -0.4 is 16.0 Å². The van der Waals surface area contributed by atoms with E-state index in [0.29, 0.717) is 0 Å². The Morgan fingerprint density at radius 1 is 1.07 bits per heavy atom. The fraction of sp³-hybridized carbons (Fsp3) is 0.381. The molecule has 4 nitrogen and oxygen atoms in total. The molecule has 27 heavy (non-hydrogen) atoms. The van der Waals surface area contributed by atoms with Crippen LogP contribution in [0.4, 0.5) is 11.4 Å². The minimum absolute atomic E-state index is 0. The molecule has 1 fully saturated rings. The molecule has 0 bridgehead atoms. The van der Waals surface area contributed by atoms with Crippen molar-refractivity contribution in [3.05, 3.63) is 59.7 Å². The Balaban J connectivity index is 0.00000131. The zero-order valence-corrected chi connectivity index (χ0v) is 16.9. The van der Waals surface area contributed by atoms with Crippen LogP contribution in [0.15, 0.2) is 48.5 Å². The maximum atomic E-state index is 12.3. The Morgan fingerprint density at radius 2 is 1.81 bits per heavy atom. The third-order valence-corrected chi connectivity index (χ3v) is 5.42. The highest BCUT2D eigenvalue weighted by Gasteiger charge is 2.27. The van der Waals surface area contributed by atoms with Crippen LogP contribution in [0.3, 0.4) is 0 Å². The molecule has 0 radical (unpaired) electrons. The van der Waals surface area contributed by atoms with Crippen LogP contribution in [0.2, 0.25) is 0 Å². The summed E-state index contributed by atoms with van der Waals surface area (Å²) in [5, 5.41) is 3.03. The third kappa shape index (κ3) is 4.95. The molecule has 6 heteroatoms. The van der Waals surface area contributed by atoms with Gasteiger partial charge in [0.05, 0.1) is 0 Å². The maximum Gasteiger partial charge on any atom is 0.227 e. The number of nitrogens with zero attached hydrogens (tertiary/aromatic N) is 1. The van der Waals surface area contributed by atoms with E-state index in [0.717, 1.165) is 44.5 Å². The van der Waals surface area contributed by atoms with Gasteiger partial charge in [-0.25, -0.2) is 0 Å². The largest absolute Gasteiger partial charge is 0.367 e. The third-order valence-electron chi connectivity index (χ3n) is 5.42. The lowest BCUT2D eigenvalue weighted by molar-refractivity contribution is -0.119. The van der Waals surface area contributed by atoms with Crippen LogP contribution in [0, 0.1) is 5.92 Å². The van der Waals surface area contributed by atoms with Crippen molar-refractivity contribution in [2.24, 2.45) is 11.7 Å². The minimum atomic E-state index is 0. The lowest BCUT2D eigenvalue weighted by Crippen LogP contribution is -2.23. The quantitative estimate of drug-likeness (QED) is 0.799. The number of amides is 1. The summed E-state index contributed by atoms with van der Waals surface area (Å²) >= 11 is 0. The molecule has 2 unspecified atom stereocenters. The number of halogens is 2. The van der Waals surface area contributed by atoms with Crippen molar-refractivity contribution in [1.82, 2.24) is 0 Å². The lowest BCUT2D eigenvalue weighted by atomic mass is 10.1. The zero-order valence-electron chi connectivity index (χ0n) is 15.3. The second kappa shape index (κ2) is 9.45. The van der Waals surface area contributed by atoms with E-state index >= 15 is 0 Å². The molecule has 2 aromatic rings. The van der Waals surface area contributed by atoms with Crippen molar-refractivity contribution in [1.29, 1.82) is 0 Å². The van der Waals surface area contributed by atoms with Gasteiger partial charge < -0.3 is 16.0 Å². The van der Waals surface area contributed by atoms with E-state index in [9.17, 15) is 4.79 Å². The highest BCUT2D eigenvalue weighted by molar-refractivity contribution is 5.92. The second-order valence-corrected chi connectivity index (χ2v) is 7.26. The van der Waals surface area contributed by atoms with Gasteiger partial charge in [0.25, 0.3) is 0 Å². The molecule has 146 valence electrons. The average molecular weight is 408 g/mol. The van der Waals surface area contributed by atoms with Crippen molar-refractivity contribution < 1.29 is 4.79 Å². The number of para-hydroxylation sites is 1. The molecule has 1 saturated carbocycles. The molecule has 0 saturated heterocycles. The molecule has 2 atom stereocenters. The summed E-state index contributed by atoms with van der Waals surface area (Å²) in [4.78, 5) is 14.7. The van der Waals surface area contributed by atoms with E-state index < -0.39 is 0 Å². The van der Waals surface area contributed by atoms with Crippen LogP contribution in [0.5, 0.6) is 0 Å². The second-order valence-electron chi connectivity index (χ2n) is 7.26. The van der Waals surface area contributed by atoms with Gasteiger partial charge in [0.1, 0.15) is 0 Å². The van der Waals surface area contributed by atoms with E-state index in [4.69, 9.17) is 5.73 Å². The minimum Gasteiger partial charge on any atom is -0.367 e. The van der Waals surface area contributed by atoms with Crippen LogP contribution in [-0.4, -0.2) is 18.5 Å². The molecule has 2 aliphatic rings. The summed E-state index contributed by atoms with van der Waals surface area (Å²) in [6, 6.07) is 17.0. The molecule has 2 aromatic carbocycles. The Morgan fingerprint density at radius 3 is 2.52 bits per heavy atom. The van der Waals surface area contributed by atoms with Gasteiger partial charge in [-0.1, -0.05) is 30.3 Å². The first-order valence-corrected chi connectivity index (χ1v) is 9.17. The summed E-state index contributed by atoms with van der Waals surface area (Å²) < 4.78 is 0. The van der Waals surface area contributed by atoms with Crippen molar-refractivity contribution >= 4 is 42.1 Å². The number of rotatable bonds is 4. The molecular formula is C21H27Cl2N3O. The molecular weight excluding hydrogens is 381 g/mol. The highest BCUT2D eigenvalue weighted by Crippen LogP contribution is 2.29. The van der Waals surface area contributed by atoms with Crippen molar-refractivity contribution in [3.63, 3.8) is 0 Å². The predicted octanol–water partition coefficient (Wildman–Crippen LogP) is 4.16. The normalized spacial score (nSPS) is 20.4. The highest BCUT2D eigenvalue weighted by atomic mass is 35.5. The topological polar surface area (TPSA) is 58.4 Å². The Kier molecular flexibility index (Phi) is 7.54. The number of benzene rings is 2. The van der Waals surface area contributed by atoms with Gasteiger partial charge in [-0.3, -0.25) is 4.79 Å². The Bertz CT molecular complexity index is 766. The molecule has 1 aliphatic carbocycles. The maximum absolute atomic E-state index is 12.3. The smallest absolute Gasteiger partial charge is 0.227 e. The Hall–Kier alpha value is -1.75. The van der Waals surface area contributed by atoms with Crippen molar-refractivity contribution in [2.45, 2.75) is 38.3 Å². The van der Waals surface area contributed by atoms with Gasteiger partial charge in [-0.05, 0) is 55.0 Å². The van der Waals surface area contributed by atoms with E-state index in [1.807, 2.05) is 12.1 Å². The summed E-state index contributed by atoms with van der Waals surface area (Å²) in [6.45, 7) is 1.97. The lowest BCUT2D eigenvalue weighted by Gasteiger charge is -2.19. The van der Waals surface area contributed by atoms with Crippen LogP contribution in [-0.2, 0) is 17.8 Å². The van der Waals surface area contributed by atoms with Gasteiger partial charge in [-0.2, -0.15) is 0 Å². The van der Waals surface area contributed by atoms with E-state index in [1.165, 1.54) is 16.8 Å². The predicted molar refractivity (Wildman–Crippen MR) is 116 cm³/mol. The first kappa shape index (κ1) is 21.5. The monoisotopic (exact) mass is 407 g/mol. The number of nitrogens with one attached hydrogen (secondary N) is 1. The number of anilines is 2. The van der Waals surface area contributed by atoms with Crippen LogP contribution in [0.1, 0.15) is 30.4 Å². The van der Waals surface area contributed by atoms with E-state index in [2.05, 4.69) is 46.6 Å². The van der Waals surface area contributed by atoms with Gasteiger partial charge in [0, 0.05) is 36.4 Å². The fourth-order valence-electron chi connectivity index (χ4n) is 3.98. The van der Waals surface area contributed by atoms with E-state index in [1.54, 1.807) is 0 Å². The molecule has 4 rings (SSSR count). The molecule has 1 heterocycles. The summed E-state index contributed by atoms with van der Waals surface area (Å²) in [7, 11) is 0. The SMILES string of the molecule is Cl.Cl.NC1CCC(C(=O)Nc2ccc(CN3CCc4ccccc43)cc2)C1. The molecule has 0 aromatic heterocycles.